The van der Waals surface area contributed by atoms with Crippen LogP contribution in [0.5, 0.6) is 0 Å². The van der Waals surface area contributed by atoms with E-state index in [4.69, 9.17) is 5.73 Å². The van der Waals surface area contributed by atoms with Gasteiger partial charge in [0.25, 0.3) is 0 Å². The van der Waals surface area contributed by atoms with Crippen LogP contribution in [-0.2, 0) is 6.54 Å². The third-order valence-electron chi connectivity index (χ3n) is 2.99. The summed E-state index contributed by atoms with van der Waals surface area (Å²) in [5.74, 6) is 0.468. The molecule has 0 bridgehead atoms. The lowest BCUT2D eigenvalue weighted by Crippen LogP contribution is -2.06. The zero-order chi connectivity index (χ0) is 12.5. The molecule has 2 aromatic heterocycles. The van der Waals surface area contributed by atoms with Crippen molar-refractivity contribution in [3.63, 3.8) is 0 Å². The molecule has 3 rings (SSSR count). The number of nitrogens with two attached hydrogens (primary N) is 1. The van der Waals surface area contributed by atoms with Crippen LogP contribution in [0.1, 0.15) is 11.4 Å². The summed E-state index contributed by atoms with van der Waals surface area (Å²) in [5, 5.41) is 8.97. The molecule has 1 aromatic carbocycles. The van der Waals surface area contributed by atoms with Crippen LogP contribution >= 0.6 is 0 Å². The summed E-state index contributed by atoms with van der Waals surface area (Å²) < 4.78 is 1.76. The monoisotopic (exact) mass is 239 g/mol. The van der Waals surface area contributed by atoms with Gasteiger partial charge in [-0.2, -0.15) is 0 Å². The molecule has 0 aliphatic carbocycles. The van der Waals surface area contributed by atoms with Gasteiger partial charge < -0.3 is 5.73 Å². The standard InChI is InChI=1S/C13H13N5/c1-9-13(14)16-17-18(9)8-11-7-6-10-4-2-3-5-12(10)15-11/h2-7H,8,14H2,1H3. The zero-order valence-corrected chi connectivity index (χ0v) is 10.0. The predicted molar refractivity (Wildman–Crippen MR) is 70.0 cm³/mol. The average Bonchev–Trinajstić information content (AvgIpc) is 2.71. The van der Waals surface area contributed by atoms with Gasteiger partial charge >= 0.3 is 0 Å². The zero-order valence-electron chi connectivity index (χ0n) is 10.0. The van der Waals surface area contributed by atoms with Crippen molar-refractivity contribution in [2.45, 2.75) is 13.5 Å². The summed E-state index contributed by atoms with van der Waals surface area (Å²) in [4.78, 5) is 4.59. The molecule has 0 radical (unpaired) electrons. The minimum Gasteiger partial charge on any atom is -0.381 e. The Morgan fingerprint density at radius 2 is 2.00 bits per heavy atom. The van der Waals surface area contributed by atoms with E-state index in [-0.39, 0.29) is 0 Å². The van der Waals surface area contributed by atoms with Crippen molar-refractivity contribution >= 4 is 16.7 Å². The summed E-state index contributed by atoms with van der Waals surface area (Å²) in [6.45, 7) is 2.48. The molecule has 5 heteroatoms. The fourth-order valence-electron chi connectivity index (χ4n) is 1.87. The molecule has 0 spiro atoms. The molecule has 0 aliphatic heterocycles. The number of pyridine rings is 1. The highest BCUT2D eigenvalue weighted by Crippen LogP contribution is 2.13. The van der Waals surface area contributed by atoms with Crippen molar-refractivity contribution in [1.29, 1.82) is 0 Å². The number of anilines is 1. The van der Waals surface area contributed by atoms with Crippen molar-refractivity contribution in [3.8, 4) is 0 Å². The van der Waals surface area contributed by atoms with E-state index in [9.17, 15) is 0 Å². The molecule has 2 N–H and O–H groups in total. The maximum atomic E-state index is 5.67. The fraction of sp³-hybridized carbons (Fsp3) is 0.154. The number of nitrogens with zero attached hydrogens (tertiary/aromatic N) is 4. The van der Waals surface area contributed by atoms with Gasteiger partial charge in [-0.1, -0.05) is 29.5 Å². The summed E-state index contributed by atoms with van der Waals surface area (Å²) in [6, 6.07) is 12.1. The van der Waals surface area contributed by atoms with Gasteiger partial charge in [-0.25, -0.2) is 4.68 Å². The second kappa shape index (κ2) is 4.10. The van der Waals surface area contributed by atoms with Crippen LogP contribution in [0.15, 0.2) is 36.4 Å². The average molecular weight is 239 g/mol. The molecule has 18 heavy (non-hydrogen) atoms. The number of benzene rings is 1. The Morgan fingerprint density at radius 1 is 1.17 bits per heavy atom. The number of nitrogen functional groups attached to an aromatic ring is 1. The second-order valence-corrected chi connectivity index (χ2v) is 4.21. The molecule has 90 valence electrons. The quantitative estimate of drug-likeness (QED) is 0.739. The fourth-order valence-corrected chi connectivity index (χ4v) is 1.87. The smallest absolute Gasteiger partial charge is 0.168 e. The Morgan fingerprint density at radius 3 is 2.78 bits per heavy atom. The molecule has 0 saturated heterocycles. The van der Waals surface area contributed by atoms with Crippen LogP contribution in [0.25, 0.3) is 10.9 Å². The number of rotatable bonds is 2. The first-order chi connectivity index (χ1) is 8.74. The Labute approximate surface area is 104 Å². The Balaban J connectivity index is 1.98. The summed E-state index contributed by atoms with van der Waals surface area (Å²) >= 11 is 0. The molecule has 0 atom stereocenters. The lowest BCUT2D eigenvalue weighted by atomic mass is 10.2. The number of aromatic nitrogens is 4. The van der Waals surface area contributed by atoms with Gasteiger partial charge in [-0.15, -0.1) is 5.10 Å². The van der Waals surface area contributed by atoms with Gasteiger partial charge in [0.15, 0.2) is 5.82 Å². The molecule has 5 nitrogen and oxygen atoms in total. The molecule has 0 unspecified atom stereocenters. The van der Waals surface area contributed by atoms with E-state index in [1.807, 2.05) is 37.3 Å². The van der Waals surface area contributed by atoms with Gasteiger partial charge in [0.1, 0.15) is 0 Å². The first-order valence-corrected chi connectivity index (χ1v) is 5.74. The van der Waals surface area contributed by atoms with Crippen LogP contribution in [0, 0.1) is 6.92 Å². The van der Waals surface area contributed by atoms with Crippen LogP contribution < -0.4 is 5.73 Å². The highest BCUT2D eigenvalue weighted by Gasteiger charge is 2.06. The summed E-state index contributed by atoms with van der Waals surface area (Å²) in [7, 11) is 0. The third-order valence-corrected chi connectivity index (χ3v) is 2.99. The number of hydrogen-bond acceptors (Lipinski definition) is 4. The minimum atomic E-state index is 0.468. The van der Waals surface area contributed by atoms with E-state index in [1.54, 1.807) is 4.68 Å². The number of fused-ring (bicyclic) bond motifs is 1. The highest BCUT2D eigenvalue weighted by atomic mass is 15.4. The molecule has 2 heterocycles. The van der Waals surface area contributed by atoms with Crippen LogP contribution in [0.3, 0.4) is 0 Å². The maximum absolute atomic E-state index is 5.67. The predicted octanol–water partition coefficient (Wildman–Crippen LogP) is 1.77. The van der Waals surface area contributed by atoms with Crippen molar-refractivity contribution < 1.29 is 0 Å². The lowest BCUT2D eigenvalue weighted by molar-refractivity contribution is 0.624. The van der Waals surface area contributed by atoms with Crippen molar-refractivity contribution in [3.05, 3.63) is 47.8 Å². The molecule has 3 aromatic rings. The Hall–Kier alpha value is -2.43. The van der Waals surface area contributed by atoms with E-state index in [2.05, 4.69) is 21.4 Å². The van der Waals surface area contributed by atoms with Gasteiger partial charge in [-0.3, -0.25) is 4.98 Å². The highest BCUT2D eigenvalue weighted by molar-refractivity contribution is 5.78. The topological polar surface area (TPSA) is 69.6 Å². The van der Waals surface area contributed by atoms with E-state index >= 15 is 0 Å². The van der Waals surface area contributed by atoms with Gasteiger partial charge in [-0.05, 0) is 19.1 Å². The van der Waals surface area contributed by atoms with Crippen molar-refractivity contribution in [2.24, 2.45) is 0 Å². The molecule has 0 aliphatic rings. The van der Waals surface area contributed by atoms with E-state index in [0.717, 1.165) is 22.3 Å². The molecule has 0 saturated carbocycles. The van der Waals surface area contributed by atoms with E-state index in [1.165, 1.54) is 0 Å². The molecular weight excluding hydrogens is 226 g/mol. The van der Waals surface area contributed by atoms with Gasteiger partial charge in [0.2, 0.25) is 0 Å². The molecular formula is C13H13N5. The third kappa shape index (κ3) is 1.79. The van der Waals surface area contributed by atoms with Crippen LogP contribution in [-0.4, -0.2) is 20.0 Å². The van der Waals surface area contributed by atoms with Crippen molar-refractivity contribution in [2.75, 3.05) is 5.73 Å². The summed E-state index contributed by atoms with van der Waals surface area (Å²) in [5.41, 5.74) is 8.47. The largest absolute Gasteiger partial charge is 0.381 e. The second-order valence-electron chi connectivity index (χ2n) is 4.21. The Bertz CT molecular complexity index is 701. The minimum absolute atomic E-state index is 0.468. The number of para-hydroxylation sites is 1. The van der Waals surface area contributed by atoms with Gasteiger partial charge in [0, 0.05) is 5.39 Å². The van der Waals surface area contributed by atoms with E-state index < -0.39 is 0 Å². The normalized spacial score (nSPS) is 10.9. The van der Waals surface area contributed by atoms with Crippen molar-refractivity contribution in [1.82, 2.24) is 20.0 Å². The lowest BCUT2D eigenvalue weighted by Gasteiger charge is -2.04. The SMILES string of the molecule is Cc1c(N)nnn1Cc1ccc2ccccc2n1. The number of hydrogen-bond donors (Lipinski definition) is 1. The summed E-state index contributed by atoms with van der Waals surface area (Å²) in [6.07, 6.45) is 0. The first-order valence-electron chi connectivity index (χ1n) is 5.74. The Kier molecular flexibility index (Phi) is 2.44. The van der Waals surface area contributed by atoms with Crippen LogP contribution in [0.4, 0.5) is 5.82 Å². The van der Waals surface area contributed by atoms with Gasteiger partial charge in [0.05, 0.1) is 23.4 Å². The first kappa shape index (κ1) is 10.7. The van der Waals surface area contributed by atoms with Crippen LogP contribution in [0.2, 0.25) is 0 Å². The van der Waals surface area contributed by atoms with E-state index in [0.29, 0.717) is 12.4 Å². The molecule has 0 fully saturated rings. The maximum Gasteiger partial charge on any atom is 0.168 e. The molecule has 0 amide bonds.